The Morgan fingerprint density at radius 1 is 1.38 bits per heavy atom. The number of nitrogens with zero attached hydrogens (tertiary/aromatic N) is 2. The van der Waals surface area contributed by atoms with Gasteiger partial charge < -0.3 is 9.47 Å². The average molecular weight is 220 g/mol. The molecular weight excluding hydrogens is 200 g/mol. The van der Waals surface area contributed by atoms with E-state index in [1.165, 1.54) is 5.69 Å². The van der Waals surface area contributed by atoms with Gasteiger partial charge in [-0.05, 0) is 46.0 Å². The van der Waals surface area contributed by atoms with Gasteiger partial charge in [0.25, 0.3) is 0 Å². The van der Waals surface area contributed by atoms with Crippen molar-refractivity contribution >= 4 is 5.78 Å². The lowest BCUT2D eigenvalue weighted by atomic mass is 9.97. The highest BCUT2D eigenvalue weighted by Crippen LogP contribution is 2.22. The lowest BCUT2D eigenvalue weighted by Crippen LogP contribution is -2.17. The van der Waals surface area contributed by atoms with E-state index in [4.69, 9.17) is 0 Å². The predicted octanol–water partition coefficient (Wildman–Crippen LogP) is 1.96. The minimum absolute atomic E-state index is 0.326. The fourth-order valence-corrected chi connectivity index (χ4v) is 2.36. The Morgan fingerprint density at radius 2 is 2.19 bits per heavy atom. The molecule has 3 heteroatoms. The summed E-state index contributed by atoms with van der Waals surface area (Å²) in [6.07, 6.45) is 6.03. The van der Waals surface area contributed by atoms with E-state index in [0.717, 1.165) is 44.3 Å². The number of rotatable bonds is 4. The molecule has 0 spiro atoms. The van der Waals surface area contributed by atoms with Crippen molar-refractivity contribution in [2.45, 2.75) is 32.2 Å². The van der Waals surface area contributed by atoms with Gasteiger partial charge in [-0.15, -0.1) is 0 Å². The Morgan fingerprint density at radius 3 is 2.94 bits per heavy atom. The molecule has 0 N–H and O–H groups in total. The van der Waals surface area contributed by atoms with Crippen LogP contribution in [0, 0.1) is 0 Å². The van der Waals surface area contributed by atoms with Crippen molar-refractivity contribution in [2.24, 2.45) is 0 Å². The summed E-state index contributed by atoms with van der Waals surface area (Å²) in [6.45, 7) is 2.13. The lowest BCUT2D eigenvalue weighted by molar-refractivity contribution is 0.0971. The van der Waals surface area contributed by atoms with Crippen LogP contribution in [0.4, 0.5) is 0 Å². The van der Waals surface area contributed by atoms with Crippen LogP contribution in [-0.2, 0) is 13.0 Å². The smallest absolute Gasteiger partial charge is 0.164 e. The van der Waals surface area contributed by atoms with E-state index in [1.807, 2.05) is 6.07 Å². The maximum Gasteiger partial charge on any atom is 0.164 e. The van der Waals surface area contributed by atoms with Crippen LogP contribution in [-0.4, -0.2) is 35.9 Å². The molecule has 0 saturated heterocycles. The zero-order valence-electron chi connectivity index (χ0n) is 10.2. The van der Waals surface area contributed by atoms with E-state index < -0.39 is 0 Å². The summed E-state index contributed by atoms with van der Waals surface area (Å²) in [7, 11) is 4.18. The third-order valence-corrected chi connectivity index (χ3v) is 3.20. The van der Waals surface area contributed by atoms with Crippen LogP contribution in [0.15, 0.2) is 12.3 Å². The van der Waals surface area contributed by atoms with E-state index in [0.29, 0.717) is 5.78 Å². The number of aromatic nitrogens is 1. The van der Waals surface area contributed by atoms with Crippen molar-refractivity contribution in [1.82, 2.24) is 9.47 Å². The third-order valence-electron chi connectivity index (χ3n) is 3.20. The molecule has 0 aromatic carbocycles. The lowest BCUT2D eigenvalue weighted by Gasteiger charge is -2.16. The summed E-state index contributed by atoms with van der Waals surface area (Å²) in [4.78, 5) is 13.9. The Kier molecular flexibility index (Phi) is 3.44. The molecule has 0 fully saturated rings. The number of hydrogen-bond acceptors (Lipinski definition) is 2. The van der Waals surface area contributed by atoms with Gasteiger partial charge in [0.05, 0.1) is 0 Å². The van der Waals surface area contributed by atoms with Crippen LogP contribution in [0.3, 0.4) is 0 Å². The van der Waals surface area contributed by atoms with Crippen LogP contribution < -0.4 is 0 Å². The molecule has 0 radical (unpaired) electrons. The molecule has 1 aromatic rings. The van der Waals surface area contributed by atoms with E-state index in [2.05, 4.69) is 29.8 Å². The first-order valence-corrected chi connectivity index (χ1v) is 6.04. The van der Waals surface area contributed by atoms with E-state index >= 15 is 0 Å². The number of hydrogen-bond donors (Lipinski definition) is 0. The van der Waals surface area contributed by atoms with Crippen molar-refractivity contribution < 1.29 is 4.79 Å². The Balaban J connectivity index is 2.03. The second-order valence-electron chi connectivity index (χ2n) is 4.80. The maximum absolute atomic E-state index is 11.7. The number of aryl methyl sites for hydroxylation is 1. The Labute approximate surface area is 97.1 Å². The second kappa shape index (κ2) is 4.83. The van der Waals surface area contributed by atoms with Crippen molar-refractivity contribution in [3.63, 3.8) is 0 Å². The van der Waals surface area contributed by atoms with Gasteiger partial charge in [0.1, 0.15) is 0 Å². The van der Waals surface area contributed by atoms with Crippen molar-refractivity contribution in [1.29, 1.82) is 0 Å². The molecule has 0 saturated carbocycles. The predicted molar refractivity (Wildman–Crippen MR) is 64.9 cm³/mol. The molecule has 16 heavy (non-hydrogen) atoms. The summed E-state index contributed by atoms with van der Waals surface area (Å²) in [6, 6.07) is 1.99. The van der Waals surface area contributed by atoms with Crippen molar-refractivity contribution in [3.05, 3.63) is 23.5 Å². The molecule has 0 bridgehead atoms. The van der Waals surface area contributed by atoms with Crippen LogP contribution in [0.25, 0.3) is 0 Å². The van der Waals surface area contributed by atoms with Crippen LogP contribution in [0.1, 0.15) is 35.3 Å². The van der Waals surface area contributed by atoms with Gasteiger partial charge >= 0.3 is 0 Å². The summed E-state index contributed by atoms with van der Waals surface area (Å²) < 4.78 is 2.26. The Bertz CT molecular complexity index is 379. The molecule has 0 atom stereocenters. The zero-order valence-corrected chi connectivity index (χ0v) is 10.2. The molecule has 1 aliphatic rings. The van der Waals surface area contributed by atoms with E-state index in [-0.39, 0.29) is 0 Å². The molecule has 88 valence electrons. The molecule has 0 aliphatic heterocycles. The molecule has 3 nitrogen and oxygen atoms in total. The van der Waals surface area contributed by atoms with Gasteiger partial charge in [-0.25, -0.2) is 0 Å². The quantitative estimate of drug-likeness (QED) is 0.775. The zero-order chi connectivity index (χ0) is 11.5. The molecule has 0 unspecified atom stereocenters. The number of fused-ring (bicyclic) bond motifs is 1. The van der Waals surface area contributed by atoms with Crippen LogP contribution >= 0.6 is 0 Å². The topological polar surface area (TPSA) is 25.2 Å². The number of ketones is 1. The highest BCUT2D eigenvalue weighted by atomic mass is 16.1. The molecule has 2 rings (SSSR count). The van der Waals surface area contributed by atoms with Gasteiger partial charge in [-0.3, -0.25) is 4.79 Å². The van der Waals surface area contributed by atoms with E-state index in [9.17, 15) is 4.79 Å². The number of Topliss-reactive ketones (excluding diaryl/α,β-unsaturated/α-hetero) is 1. The monoisotopic (exact) mass is 220 g/mol. The second-order valence-corrected chi connectivity index (χ2v) is 4.80. The molecule has 1 aromatic heterocycles. The van der Waals surface area contributed by atoms with Crippen LogP contribution in [0.5, 0.6) is 0 Å². The highest BCUT2D eigenvalue weighted by Gasteiger charge is 2.19. The average Bonchev–Trinajstić information content (AvgIpc) is 2.63. The van der Waals surface area contributed by atoms with Gasteiger partial charge in [-0.1, -0.05) is 0 Å². The summed E-state index contributed by atoms with van der Waals surface area (Å²) in [5.74, 6) is 0.326. The molecule has 1 heterocycles. The van der Waals surface area contributed by atoms with Gasteiger partial charge in [0, 0.05) is 30.4 Å². The highest BCUT2D eigenvalue weighted by molar-refractivity contribution is 5.98. The number of carbonyl (C=O) groups is 1. The van der Waals surface area contributed by atoms with Gasteiger partial charge in [-0.2, -0.15) is 0 Å². The van der Waals surface area contributed by atoms with Gasteiger partial charge in [0.15, 0.2) is 5.78 Å². The largest absolute Gasteiger partial charge is 0.351 e. The SMILES string of the molecule is CN(C)CCCn1ccc2c1CCCC2=O. The normalized spacial score (nSPS) is 15.6. The fourth-order valence-electron chi connectivity index (χ4n) is 2.36. The first-order chi connectivity index (χ1) is 7.68. The van der Waals surface area contributed by atoms with Crippen LogP contribution in [0.2, 0.25) is 0 Å². The van der Waals surface area contributed by atoms with Crippen molar-refractivity contribution in [3.8, 4) is 0 Å². The van der Waals surface area contributed by atoms with E-state index in [1.54, 1.807) is 0 Å². The number of carbonyl (C=O) groups excluding carboxylic acids is 1. The molecule has 0 amide bonds. The third kappa shape index (κ3) is 2.35. The first-order valence-electron chi connectivity index (χ1n) is 6.04. The minimum Gasteiger partial charge on any atom is -0.351 e. The standard InChI is InChI=1S/C13H20N2O/c1-14(2)8-4-9-15-10-7-11-12(15)5-3-6-13(11)16/h7,10H,3-6,8-9H2,1-2H3. The summed E-state index contributed by atoms with van der Waals surface area (Å²) >= 11 is 0. The summed E-state index contributed by atoms with van der Waals surface area (Å²) in [5, 5.41) is 0. The Hall–Kier alpha value is -1.09. The first kappa shape index (κ1) is 11.4. The summed E-state index contributed by atoms with van der Waals surface area (Å²) in [5.41, 5.74) is 2.23. The fraction of sp³-hybridized carbons (Fsp3) is 0.615. The molecule has 1 aliphatic carbocycles. The van der Waals surface area contributed by atoms with Crippen molar-refractivity contribution in [2.75, 3.05) is 20.6 Å². The van der Waals surface area contributed by atoms with Gasteiger partial charge in [0.2, 0.25) is 0 Å². The minimum atomic E-state index is 0.326. The maximum atomic E-state index is 11.7. The molecular formula is C13H20N2O.